The van der Waals surface area contributed by atoms with Crippen LogP contribution < -0.4 is 10.6 Å². The number of halogens is 1. The van der Waals surface area contributed by atoms with Crippen LogP contribution in [-0.4, -0.2) is 29.4 Å². The van der Waals surface area contributed by atoms with E-state index < -0.39 is 24.3 Å². The Morgan fingerprint density at radius 1 is 1.00 bits per heavy atom. The van der Waals surface area contributed by atoms with Gasteiger partial charge in [0.15, 0.2) is 0 Å². The summed E-state index contributed by atoms with van der Waals surface area (Å²) in [6, 6.07) is 15.0. The first kappa shape index (κ1) is 18.2. The minimum atomic E-state index is -1.19. The second-order valence-corrected chi connectivity index (χ2v) is 5.44. The predicted molar refractivity (Wildman–Crippen MR) is 94.0 cm³/mol. The molecule has 2 aromatic rings. The number of carbonyl (C=O) groups excluding carboxylic acids is 2. The Morgan fingerprint density at radius 3 is 2.24 bits per heavy atom. The molecular weight excluding hydrogens is 344 g/mol. The fraction of sp³-hybridized carbons (Fsp3) is 0.0556. The topological polar surface area (TPSA) is 95.5 Å². The molecule has 0 unspecified atom stereocenters. The molecule has 0 fully saturated rings. The summed E-state index contributed by atoms with van der Waals surface area (Å²) in [4.78, 5) is 35.1. The van der Waals surface area contributed by atoms with Gasteiger partial charge in [-0.3, -0.25) is 14.4 Å². The third kappa shape index (κ3) is 5.78. The quantitative estimate of drug-likeness (QED) is 0.690. The Kier molecular flexibility index (Phi) is 6.31. The maximum Gasteiger partial charge on any atom is 0.322 e. The van der Waals surface area contributed by atoms with E-state index >= 15 is 0 Å². The molecule has 25 heavy (non-hydrogen) atoms. The average Bonchev–Trinajstić information content (AvgIpc) is 2.61. The zero-order valence-corrected chi connectivity index (χ0v) is 13.8. The molecule has 0 heterocycles. The van der Waals surface area contributed by atoms with Gasteiger partial charge >= 0.3 is 5.97 Å². The van der Waals surface area contributed by atoms with Gasteiger partial charge in [0.1, 0.15) is 12.2 Å². The minimum absolute atomic E-state index is 0.0718. The summed E-state index contributed by atoms with van der Waals surface area (Å²) in [6.07, 6.45) is 1.44. The molecule has 128 valence electrons. The molecule has 0 aliphatic heterocycles. The van der Waals surface area contributed by atoms with Gasteiger partial charge in [-0.15, -0.1) is 0 Å². The summed E-state index contributed by atoms with van der Waals surface area (Å²) in [7, 11) is 0. The number of amides is 2. The SMILES string of the molecule is O=C(O)CNC(=O)C(=Cc1ccc(Cl)cc1)NC(=O)c1ccccc1. The lowest BCUT2D eigenvalue weighted by Crippen LogP contribution is -2.37. The van der Waals surface area contributed by atoms with Gasteiger partial charge in [0.05, 0.1) is 0 Å². The van der Waals surface area contributed by atoms with Crippen LogP contribution in [0.25, 0.3) is 6.08 Å². The van der Waals surface area contributed by atoms with E-state index in [0.29, 0.717) is 16.1 Å². The third-order valence-electron chi connectivity index (χ3n) is 3.11. The Hall–Kier alpha value is -3.12. The van der Waals surface area contributed by atoms with Crippen molar-refractivity contribution >= 4 is 35.5 Å². The molecule has 0 radical (unpaired) electrons. The summed E-state index contributed by atoms with van der Waals surface area (Å²) in [5.74, 6) is -2.37. The molecule has 2 aromatic carbocycles. The molecule has 0 atom stereocenters. The maximum atomic E-state index is 12.3. The lowest BCUT2D eigenvalue weighted by atomic mass is 10.1. The highest BCUT2D eigenvalue weighted by molar-refractivity contribution is 6.30. The van der Waals surface area contributed by atoms with Gasteiger partial charge in [-0.1, -0.05) is 41.9 Å². The fourth-order valence-electron chi connectivity index (χ4n) is 1.92. The van der Waals surface area contributed by atoms with Crippen LogP contribution >= 0.6 is 11.6 Å². The van der Waals surface area contributed by atoms with Crippen LogP contribution in [0.15, 0.2) is 60.3 Å². The molecule has 0 bridgehead atoms. The number of rotatable bonds is 6. The Bertz CT molecular complexity index is 802. The molecule has 7 heteroatoms. The van der Waals surface area contributed by atoms with Crippen molar-refractivity contribution in [3.63, 3.8) is 0 Å². The van der Waals surface area contributed by atoms with E-state index in [9.17, 15) is 14.4 Å². The summed E-state index contributed by atoms with van der Waals surface area (Å²) in [5, 5.41) is 13.9. The first-order valence-electron chi connectivity index (χ1n) is 7.29. The van der Waals surface area contributed by atoms with Crippen molar-refractivity contribution in [3.05, 3.63) is 76.4 Å². The highest BCUT2D eigenvalue weighted by Crippen LogP contribution is 2.12. The second kappa shape index (κ2) is 8.65. The molecule has 0 aliphatic rings. The zero-order valence-electron chi connectivity index (χ0n) is 13.0. The predicted octanol–water partition coefficient (Wildman–Crippen LogP) is 2.31. The number of carboxylic acids is 1. The molecule has 0 aliphatic carbocycles. The molecule has 0 spiro atoms. The summed E-state index contributed by atoms with van der Waals surface area (Å²) >= 11 is 5.82. The van der Waals surface area contributed by atoms with Crippen LogP contribution in [0.1, 0.15) is 15.9 Å². The van der Waals surface area contributed by atoms with Crippen molar-refractivity contribution in [2.75, 3.05) is 6.54 Å². The van der Waals surface area contributed by atoms with Crippen molar-refractivity contribution in [1.82, 2.24) is 10.6 Å². The number of hydrogen-bond donors (Lipinski definition) is 3. The van der Waals surface area contributed by atoms with Crippen LogP contribution in [0, 0.1) is 0 Å². The first-order valence-corrected chi connectivity index (χ1v) is 7.67. The van der Waals surface area contributed by atoms with Gasteiger partial charge in [-0.05, 0) is 35.9 Å². The summed E-state index contributed by atoms with van der Waals surface area (Å²) < 4.78 is 0. The van der Waals surface area contributed by atoms with Gasteiger partial charge < -0.3 is 15.7 Å². The minimum Gasteiger partial charge on any atom is -0.480 e. The normalized spacial score (nSPS) is 10.8. The molecule has 0 aromatic heterocycles. The number of aliphatic carboxylic acids is 1. The standard InChI is InChI=1S/C18H15ClN2O4/c19-14-8-6-12(7-9-14)10-15(18(25)20-11-16(22)23)21-17(24)13-4-2-1-3-5-13/h1-10H,11H2,(H,20,25)(H,21,24)(H,22,23). The molecule has 2 rings (SSSR count). The fourth-order valence-corrected chi connectivity index (χ4v) is 2.05. The van der Waals surface area contributed by atoms with E-state index in [1.807, 2.05) is 0 Å². The number of hydrogen-bond acceptors (Lipinski definition) is 3. The van der Waals surface area contributed by atoms with Gasteiger partial charge in [0.25, 0.3) is 11.8 Å². The van der Waals surface area contributed by atoms with Crippen LogP contribution in [0.5, 0.6) is 0 Å². The lowest BCUT2D eigenvalue weighted by molar-refractivity contribution is -0.137. The molecule has 0 saturated carbocycles. The van der Waals surface area contributed by atoms with Crippen molar-refractivity contribution in [3.8, 4) is 0 Å². The number of carbonyl (C=O) groups is 3. The van der Waals surface area contributed by atoms with Crippen molar-refractivity contribution in [2.45, 2.75) is 0 Å². The smallest absolute Gasteiger partial charge is 0.322 e. The van der Waals surface area contributed by atoms with Crippen LogP contribution in [0.2, 0.25) is 5.02 Å². The van der Waals surface area contributed by atoms with Crippen molar-refractivity contribution < 1.29 is 19.5 Å². The third-order valence-corrected chi connectivity index (χ3v) is 3.36. The average molecular weight is 359 g/mol. The van der Waals surface area contributed by atoms with Gasteiger partial charge in [-0.2, -0.15) is 0 Å². The van der Waals surface area contributed by atoms with E-state index in [1.165, 1.54) is 6.08 Å². The van der Waals surface area contributed by atoms with E-state index in [1.54, 1.807) is 54.6 Å². The largest absolute Gasteiger partial charge is 0.480 e. The lowest BCUT2D eigenvalue weighted by Gasteiger charge is -2.10. The van der Waals surface area contributed by atoms with E-state index in [2.05, 4.69) is 10.6 Å². The Labute approximate surface area is 149 Å². The first-order chi connectivity index (χ1) is 12.0. The molecular formula is C18H15ClN2O4. The van der Waals surface area contributed by atoms with E-state index in [4.69, 9.17) is 16.7 Å². The molecule has 0 saturated heterocycles. The highest BCUT2D eigenvalue weighted by atomic mass is 35.5. The number of nitrogens with one attached hydrogen (secondary N) is 2. The van der Waals surface area contributed by atoms with Gasteiger partial charge in [0, 0.05) is 10.6 Å². The second-order valence-electron chi connectivity index (χ2n) is 5.01. The van der Waals surface area contributed by atoms with Crippen LogP contribution in [0.4, 0.5) is 0 Å². The zero-order chi connectivity index (χ0) is 18.2. The van der Waals surface area contributed by atoms with E-state index in [-0.39, 0.29) is 5.70 Å². The Morgan fingerprint density at radius 2 is 1.64 bits per heavy atom. The van der Waals surface area contributed by atoms with Crippen LogP contribution in [-0.2, 0) is 9.59 Å². The summed E-state index contributed by atoms with van der Waals surface area (Å²) in [6.45, 7) is -0.558. The maximum absolute atomic E-state index is 12.3. The van der Waals surface area contributed by atoms with Crippen molar-refractivity contribution in [2.24, 2.45) is 0 Å². The number of carboxylic acid groups (broad SMARTS) is 1. The highest BCUT2D eigenvalue weighted by Gasteiger charge is 2.15. The number of benzene rings is 2. The summed E-state index contributed by atoms with van der Waals surface area (Å²) in [5.41, 5.74) is 0.922. The molecule has 3 N–H and O–H groups in total. The van der Waals surface area contributed by atoms with Gasteiger partial charge in [0.2, 0.25) is 0 Å². The van der Waals surface area contributed by atoms with Gasteiger partial charge in [-0.25, -0.2) is 0 Å². The monoisotopic (exact) mass is 358 g/mol. The van der Waals surface area contributed by atoms with Crippen molar-refractivity contribution in [1.29, 1.82) is 0 Å². The molecule has 6 nitrogen and oxygen atoms in total. The Balaban J connectivity index is 2.24. The van der Waals surface area contributed by atoms with E-state index in [0.717, 1.165) is 0 Å². The van der Waals surface area contributed by atoms with Crippen LogP contribution in [0.3, 0.4) is 0 Å². The molecule has 2 amide bonds.